The molecule has 1 N–H and O–H groups in total. The summed E-state index contributed by atoms with van der Waals surface area (Å²) in [5.41, 5.74) is 2.49. The van der Waals surface area contributed by atoms with Crippen LogP contribution < -0.4 is 5.32 Å². The van der Waals surface area contributed by atoms with E-state index in [2.05, 4.69) is 19.2 Å². The molecule has 0 saturated heterocycles. The highest BCUT2D eigenvalue weighted by molar-refractivity contribution is 5.32. The van der Waals surface area contributed by atoms with Gasteiger partial charge in [0.05, 0.1) is 0 Å². The van der Waals surface area contributed by atoms with Crippen LogP contribution in [0, 0.1) is 11.7 Å². The Bertz CT molecular complexity index is 360. The van der Waals surface area contributed by atoms with Crippen molar-refractivity contribution in [2.45, 2.75) is 39.2 Å². The van der Waals surface area contributed by atoms with E-state index in [9.17, 15) is 4.39 Å². The Hall–Kier alpha value is -0.890. The Labute approximate surface area is 97.1 Å². The molecule has 1 aromatic carbocycles. The van der Waals surface area contributed by atoms with Gasteiger partial charge in [-0.05, 0) is 55.0 Å². The molecule has 0 heterocycles. The number of aryl methyl sites for hydroxylation is 1. The third kappa shape index (κ3) is 2.62. The summed E-state index contributed by atoms with van der Waals surface area (Å²) in [5.74, 6) is 0.524. The summed E-state index contributed by atoms with van der Waals surface area (Å²) in [5, 5.41) is 3.54. The molecule has 2 heteroatoms. The Kier molecular flexibility index (Phi) is 3.59. The molecule has 0 bridgehead atoms. The van der Waals surface area contributed by atoms with Crippen LogP contribution in [0.3, 0.4) is 0 Å². The van der Waals surface area contributed by atoms with Gasteiger partial charge in [-0.2, -0.15) is 0 Å². The minimum Gasteiger partial charge on any atom is -0.310 e. The molecule has 0 radical (unpaired) electrons. The highest BCUT2D eigenvalue weighted by atomic mass is 19.1. The molecular weight excluding hydrogens is 201 g/mol. The molecule has 2 rings (SSSR count). The lowest BCUT2D eigenvalue weighted by atomic mass is 9.87. The molecule has 1 aromatic rings. The molecule has 1 unspecified atom stereocenters. The first-order valence-corrected chi connectivity index (χ1v) is 6.18. The van der Waals surface area contributed by atoms with Crippen molar-refractivity contribution in [2.24, 2.45) is 5.92 Å². The largest absolute Gasteiger partial charge is 0.310 e. The van der Waals surface area contributed by atoms with Gasteiger partial charge in [0.1, 0.15) is 5.82 Å². The van der Waals surface area contributed by atoms with Crippen LogP contribution in [-0.2, 0) is 6.42 Å². The Morgan fingerprint density at radius 3 is 3.00 bits per heavy atom. The van der Waals surface area contributed by atoms with E-state index in [1.165, 1.54) is 17.5 Å². The van der Waals surface area contributed by atoms with Gasteiger partial charge in [-0.1, -0.05) is 19.9 Å². The third-order valence-corrected chi connectivity index (χ3v) is 3.19. The van der Waals surface area contributed by atoms with Crippen LogP contribution in [0.25, 0.3) is 0 Å². The van der Waals surface area contributed by atoms with Crippen LogP contribution in [0.4, 0.5) is 4.39 Å². The number of hydrogen-bond acceptors (Lipinski definition) is 1. The van der Waals surface area contributed by atoms with E-state index in [0.717, 1.165) is 19.4 Å². The lowest BCUT2D eigenvalue weighted by molar-refractivity contribution is 0.424. The molecule has 0 spiro atoms. The van der Waals surface area contributed by atoms with Crippen molar-refractivity contribution in [3.8, 4) is 0 Å². The lowest BCUT2D eigenvalue weighted by Crippen LogP contribution is -2.28. The number of halogens is 1. The van der Waals surface area contributed by atoms with Gasteiger partial charge in [0.2, 0.25) is 0 Å². The van der Waals surface area contributed by atoms with E-state index >= 15 is 0 Å². The summed E-state index contributed by atoms with van der Waals surface area (Å²) in [7, 11) is 0. The predicted octanol–water partition coefficient (Wildman–Crippen LogP) is 3.45. The van der Waals surface area contributed by atoms with Crippen molar-refractivity contribution in [1.29, 1.82) is 0 Å². The van der Waals surface area contributed by atoms with Crippen LogP contribution in [0.15, 0.2) is 18.2 Å². The van der Waals surface area contributed by atoms with E-state index in [1.54, 1.807) is 12.1 Å². The van der Waals surface area contributed by atoms with Crippen molar-refractivity contribution in [3.05, 3.63) is 35.1 Å². The minimum atomic E-state index is -0.114. The molecule has 1 aliphatic rings. The van der Waals surface area contributed by atoms with Crippen molar-refractivity contribution < 1.29 is 4.39 Å². The second-order valence-corrected chi connectivity index (χ2v) is 5.09. The molecule has 0 aromatic heterocycles. The van der Waals surface area contributed by atoms with Gasteiger partial charge >= 0.3 is 0 Å². The van der Waals surface area contributed by atoms with E-state index < -0.39 is 0 Å². The maximum Gasteiger partial charge on any atom is 0.123 e. The molecule has 0 amide bonds. The van der Waals surface area contributed by atoms with Crippen LogP contribution in [-0.4, -0.2) is 6.54 Å². The van der Waals surface area contributed by atoms with E-state index in [1.807, 2.05) is 6.07 Å². The van der Waals surface area contributed by atoms with Crippen molar-refractivity contribution in [3.63, 3.8) is 0 Å². The smallest absolute Gasteiger partial charge is 0.123 e. The number of benzene rings is 1. The monoisotopic (exact) mass is 221 g/mol. The van der Waals surface area contributed by atoms with Crippen LogP contribution in [0.2, 0.25) is 0 Å². The third-order valence-electron chi connectivity index (χ3n) is 3.19. The summed E-state index contributed by atoms with van der Waals surface area (Å²) in [6.45, 7) is 5.39. The first-order valence-electron chi connectivity index (χ1n) is 6.18. The van der Waals surface area contributed by atoms with Crippen LogP contribution in [0.1, 0.15) is 43.9 Å². The van der Waals surface area contributed by atoms with Gasteiger partial charge in [-0.25, -0.2) is 4.39 Å². The number of hydrogen-bond donors (Lipinski definition) is 1. The van der Waals surface area contributed by atoms with Crippen molar-refractivity contribution in [1.82, 2.24) is 5.32 Å². The maximum absolute atomic E-state index is 13.2. The van der Waals surface area contributed by atoms with Crippen LogP contribution >= 0.6 is 0 Å². The van der Waals surface area contributed by atoms with Gasteiger partial charge in [-0.15, -0.1) is 0 Å². The first-order chi connectivity index (χ1) is 7.66. The minimum absolute atomic E-state index is 0.114. The highest BCUT2D eigenvalue weighted by Crippen LogP contribution is 2.30. The van der Waals surface area contributed by atoms with Gasteiger partial charge in [0.15, 0.2) is 0 Å². The first kappa shape index (κ1) is 11.6. The maximum atomic E-state index is 13.2. The van der Waals surface area contributed by atoms with Crippen molar-refractivity contribution in [2.75, 3.05) is 6.54 Å². The average Bonchev–Trinajstić information content (AvgIpc) is 2.26. The van der Waals surface area contributed by atoms with E-state index in [0.29, 0.717) is 12.0 Å². The van der Waals surface area contributed by atoms with E-state index in [-0.39, 0.29) is 5.82 Å². The molecule has 0 fully saturated rings. The van der Waals surface area contributed by atoms with Gasteiger partial charge < -0.3 is 5.32 Å². The highest BCUT2D eigenvalue weighted by Gasteiger charge is 2.20. The Balaban J connectivity index is 2.15. The topological polar surface area (TPSA) is 12.0 Å². The summed E-state index contributed by atoms with van der Waals surface area (Å²) < 4.78 is 13.2. The quantitative estimate of drug-likeness (QED) is 0.824. The van der Waals surface area contributed by atoms with Gasteiger partial charge in [0.25, 0.3) is 0 Å². The molecule has 88 valence electrons. The van der Waals surface area contributed by atoms with Crippen LogP contribution in [0.5, 0.6) is 0 Å². The van der Waals surface area contributed by atoms with Gasteiger partial charge in [-0.3, -0.25) is 0 Å². The standard InChI is InChI=1S/C14H20FN/c1-10(2)9-16-14-5-3-4-11-6-7-12(15)8-13(11)14/h6-8,10,14,16H,3-5,9H2,1-2H3. The van der Waals surface area contributed by atoms with Gasteiger partial charge in [0, 0.05) is 6.04 Å². The molecular formula is C14H20FN. The number of fused-ring (bicyclic) bond motifs is 1. The predicted molar refractivity (Wildman–Crippen MR) is 64.9 cm³/mol. The normalized spacial score (nSPS) is 19.9. The molecule has 0 aliphatic heterocycles. The fraction of sp³-hybridized carbons (Fsp3) is 0.571. The van der Waals surface area contributed by atoms with E-state index in [4.69, 9.17) is 0 Å². The Morgan fingerprint density at radius 1 is 1.44 bits per heavy atom. The molecule has 1 aliphatic carbocycles. The second kappa shape index (κ2) is 4.96. The zero-order chi connectivity index (χ0) is 11.5. The summed E-state index contributed by atoms with van der Waals surface area (Å²) >= 11 is 0. The van der Waals surface area contributed by atoms with Crippen molar-refractivity contribution >= 4 is 0 Å². The zero-order valence-corrected chi connectivity index (χ0v) is 10.1. The molecule has 16 heavy (non-hydrogen) atoms. The Morgan fingerprint density at radius 2 is 2.25 bits per heavy atom. The zero-order valence-electron chi connectivity index (χ0n) is 10.1. The summed E-state index contributed by atoms with van der Waals surface area (Å²) in [4.78, 5) is 0. The average molecular weight is 221 g/mol. The number of nitrogens with one attached hydrogen (secondary N) is 1. The summed E-state index contributed by atoms with van der Waals surface area (Å²) in [6.07, 6.45) is 3.42. The molecule has 0 saturated carbocycles. The number of rotatable bonds is 3. The molecule has 1 nitrogen and oxygen atoms in total. The second-order valence-electron chi connectivity index (χ2n) is 5.09. The fourth-order valence-corrected chi connectivity index (χ4v) is 2.36. The molecule has 1 atom stereocenters. The SMILES string of the molecule is CC(C)CNC1CCCc2ccc(F)cc21. The lowest BCUT2D eigenvalue weighted by Gasteiger charge is -2.27. The summed E-state index contributed by atoms with van der Waals surface area (Å²) in [6, 6.07) is 5.56. The fourth-order valence-electron chi connectivity index (χ4n) is 2.36.